The van der Waals surface area contributed by atoms with Crippen LogP contribution in [0.2, 0.25) is 0 Å². The highest BCUT2D eigenvalue weighted by Gasteiger charge is 2.29. The summed E-state index contributed by atoms with van der Waals surface area (Å²) < 4.78 is 10.1. The van der Waals surface area contributed by atoms with Crippen molar-refractivity contribution in [2.75, 3.05) is 13.7 Å². The molecule has 0 spiro atoms. The minimum Gasteiger partial charge on any atom is -0.494 e. The van der Waals surface area contributed by atoms with Crippen LogP contribution >= 0.6 is 0 Å². The Balaban J connectivity index is 2.42. The molecule has 17 heavy (non-hydrogen) atoms. The summed E-state index contributed by atoms with van der Waals surface area (Å²) in [6.07, 6.45) is 0.410. The summed E-state index contributed by atoms with van der Waals surface area (Å²) in [6, 6.07) is 7.72. The van der Waals surface area contributed by atoms with Gasteiger partial charge in [-0.1, -0.05) is 17.7 Å². The molecule has 1 atom stereocenters. The number of carbonyl (C=O) groups excluding carboxylic acids is 1. The third kappa shape index (κ3) is 4.07. The van der Waals surface area contributed by atoms with Gasteiger partial charge in [0.2, 0.25) is 0 Å². The zero-order chi connectivity index (χ0) is 12.9. The first-order valence-electron chi connectivity index (χ1n) is 5.52. The van der Waals surface area contributed by atoms with E-state index in [9.17, 15) is 4.79 Å². The second-order valence-corrected chi connectivity index (χ2v) is 4.32. The standard InChI is InChI=1S/C13H19NO3/c1-10-4-6-11(7-5-10)17-9-8-13(2,14)12(15)16-3/h4-7H,8-9,14H2,1-3H3. The fourth-order valence-electron chi connectivity index (χ4n) is 1.35. The largest absolute Gasteiger partial charge is 0.494 e. The van der Waals surface area contributed by atoms with Crippen LogP contribution in [-0.4, -0.2) is 25.2 Å². The Labute approximate surface area is 102 Å². The van der Waals surface area contributed by atoms with Crippen LogP contribution in [0.1, 0.15) is 18.9 Å². The molecule has 4 heteroatoms. The molecule has 1 aromatic carbocycles. The average Bonchev–Trinajstić information content (AvgIpc) is 2.30. The summed E-state index contributed by atoms with van der Waals surface area (Å²) in [6.45, 7) is 4.03. The SMILES string of the molecule is COC(=O)C(C)(N)CCOc1ccc(C)cc1. The minimum absolute atomic E-state index is 0.380. The van der Waals surface area contributed by atoms with E-state index in [0.717, 1.165) is 5.75 Å². The van der Waals surface area contributed by atoms with Crippen molar-refractivity contribution in [2.45, 2.75) is 25.8 Å². The highest BCUT2D eigenvalue weighted by Crippen LogP contribution is 2.14. The zero-order valence-corrected chi connectivity index (χ0v) is 10.5. The lowest BCUT2D eigenvalue weighted by atomic mass is 10.0. The van der Waals surface area contributed by atoms with Crippen molar-refractivity contribution in [3.05, 3.63) is 29.8 Å². The van der Waals surface area contributed by atoms with Crippen molar-refractivity contribution in [3.63, 3.8) is 0 Å². The van der Waals surface area contributed by atoms with Gasteiger partial charge in [-0.15, -0.1) is 0 Å². The molecule has 94 valence electrons. The molecule has 0 amide bonds. The molecule has 2 N–H and O–H groups in total. The number of aryl methyl sites for hydroxylation is 1. The van der Waals surface area contributed by atoms with E-state index in [0.29, 0.717) is 13.0 Å². The Morgan fingerprint density at radius 1 is 1.35 bits per heavy atom. The van der Waals surface area contributed by atoms with E-state index in [1.807, 2.05) is 31.2 Å². The number of nitrogens with two attached hydrogens (primary N) is 1. The van der Waals surface area contributed by atoms with E-state index in [2.05, 4.69) is 4.74 Å². The lowest BCUT2D eigenvalue weighted by Gasteiger charge is -2.21. The van der Waals surface area contributed by atoms with Gasteiger partial charge in [0.25, 0.3) is 0 Å². The number of hydrogen-bond donors (Lipinski definition) is 1. The Morgan fingerprint density at radius 3 is 2.47 bits per heavy atom. The van der Waals surface area contributed by atoms with Gasteiger partial charge in [-0.2, -0.15) is 0 Å². The normalized spacial score (nSPS) is 13.9. The number of rotatable bonds is 5. The first-order chi connectivity index (χ1) is 7.95. The van der Waals surface area contributed by atoms with Crippen molar-refractivity contribution in [1.29, 1.82) is 0 Å². The summed E-state index contributed by atoms with van der Waals surface area (Å²) in [5, 5.41) is 0. The number of benzene rings is 1. The molecule has 0 fully saturated rings. The predicted octanol–water partition coefficient (Wildman–Crippen LogP) is 1.65. The quantitative estimate of drug-likeness (QED) is 0.791. The molecule has 1 aromatic rings. The van der Waals surface area contributed by atoms with Gasteiger partial charge in [0, 0.05) is 6.42 Å². The minimum atomic E-state index is -1.00. The zero-order valence-electron chi connectivity index (χ0n) is 10.5. The number of hydrogen-bond acceptors (Lipinski definition) is 4. The van der Waals surface area contributed by atoms with Crippen LogP contribution in [0.5, 0.6) is 5.75 Å². The van der Waals surface area contributed by atoms with E-state index in [1.54, 1.807) is 6.92 Å². The first-order valence-corrected chi connectivity index (χ1v) is 5.52. The van der Waals surface area contributed by atoms with Gasteiger partial charge in [-0.3, -0.25) is 4.79 Å². The Kier molecular flexibility index (Phi) is 4.52. The van der Waals surface area contributed by atoms with Crippen LogP contribution in [0, 0.1) is 6.92 Å². The van der Waals surface area contributed by atoms with Crippen molar-refractivity contribution < 1.29 is 14.3 Å². The molecule has 4 nitrogen and oxygen atoms in total. The highest BCUT2D eigenvalue weighted by atomic mass is 16.5. The van der Waals surface area contributed by atoms with Gasteiger partial charge in [0.15, 0.2) is 0 Å². The third-order valence-corrected chi connectivity index (χ3v) is 2.56. The van der Waals surface area contributed by atoms with Gasteiger partial charge in [0.1, 0.15) is 11.3 Å². The summed E-state index contributed by atoms with van der Waals surface area (Å²) in [4.78, 5) is 11.3. The van der Waals surface area contributed by atoms with Gasteiger partial charge in [0.05, 0.1) is 13.7 Å². The molecule has 0 aliphatic heterocycles. The molecule has 0 aliphatic carbocycles. The predicted molar refractivity (Wildman–Crippen MR) is 65.9 cm³/mol. The maximum absolute atomic E-state index is 11.3. The molecule has 0 saturated carbocycles. The highest BCUT2D eigenvalue weighted by molar-refractivity contribution is 5.79. The average molecular weight is 237 g/mol. The van der Waals surface area contributed by atoms with Crippen LogP contribution in [0.3, 0.4) is 0 Å². The Hall–Kier alpha value is -1.55. The molecule has 1 unspecified atom stereocenters. The Morgan fingerprint density at radius 2 is 1.94 bits per heavy atom. The lowest BCUT2D eigenvalue weighted by molar-refractivity contribution is -0.146. The van der Waals surface area contributed by atoms with E-state index in [-0.39, 0.29) is 0 Å². The molecule has 0 heterocycles. The molecule has 1 rings (SSSR count). The molecule has 0 radical (unpaired) electrons. The number of ether oxygens (including phenoxy) is 2. The van der Waals surface area contributed by atoms with Crippen LogP contribution in [0.4, 0.5) is 0 Å². The summed E-state index contributed by atoms with van der Waals surface area (Å²) in [5.74, 6) is 0.348. The van der Waals surface area contributed by atoms with Crippen molar-refractivity contribution in [3.8, 4) is 5.75 Å². The maximum Gasteiger partial charge on any atom is 0.325 e. The van der Waals surface area contributed by atoms with Crippen molar-refractivity contribution in [1.82, 2.24) is 0 Å². The topological polar surface area (TPSA) is 61.5 Å². The molecule has 0 aliphatic rings. The number of methoxy groups -OCH3 is 1. The fourth-order valence-corrected chi connectivity index (χ4v) is 1.35. The van der Waals surface area contributed by atoms with Crippen LogP contribution in [-0.2, 0) is 9.53 Å². The van der Waals surface area contributed by atoms with E-state index in [4.69, 9.17) is 10.5 Å². The van der Waals surface area contributed by atoms with Gasteiger partial charge < -0.3 is 15.2 Å². The molecule has 0 aromatic heterocycles. The second kappa shape index (κ2) is 5.68. The molecular weight excluding hydrogens is 218 g/mol. The lowest BCUT2D eigenvalue weighted by Crippen LogP contribution is -2.46. The van der Waals surface area contributed by atoms with Gasteiger partial charge >= 0.3 is 5.97 Å². The molecule has 0 saturated heterocycles. The maximum atomic E-state index is 11.3. The van der Waals surface area contributed by atoms with Gasteiger partial charge in [-0.25, -0.2) is 0 Å². The van der Waals surface area contributed by atoms with E-state index >= 15 is 0 Å². The van der Waals surface area contributed by atoms with E-state index in [1.165, 1.54) is 12.7 Å². The number of esters is 1. The number of carbonyl (C=O) groups is 1. The van der Waals surface area contributed by atoms with Crippen molar-refractivity contribution >= 4 is 5.97 Å². The van der Waals surface area contributed by atoms with Crippen LogP contribution in [0.15, 0.2) is 24.3 Å². The van der Waals surface area contributed by atoms with Crippen LogP contribution in [0.25, 0.3) is 0 Å². The first kappa shape index (κ1) is 13.5. The monoisotopic (exact) mass is 237 g/mol. The van der Waals surface area contributed by atoms with Crippen molar-refractivity contribution in [2.24, 2.45) is 5.73 Å². The summed E-state index contributed by atoms with van der Waals surface area (Å²) >= 11 is 0. The molecule has 0 bridgehead atoms. The smallest absolute Gasteiger partial charge is 0.325 e. The fraction of sp³-hybridized carbons (Fsp3) is 0.462. The summed E-state index contributed by atoms with van der Waals surface area (Å²) in [5.41, 5.74) is 5.98. The second-order valence-electron chi connectivity index (χ2n) is 4.32. The van der Waals surface area contributed by atoms with Gasteiger partial charge in [-0.05, 0) is 26.0 Å². The Bertz CT molecular complexity index is 371. The third-order valence-electron chi connectivity index (χ3n) is 2.56. The van der Waals surface area contributed by atoms with E-state index < -0.39 is 11.5 Å². The molecular formula is C13H19NO3. The van der Waals surface area contributed by atoms with Crippen LogP contribution < -0.4 is 10.5 Å². The summed E-state index contributed by atoms with van der Waals surface area (Å²) in [7, 11) is 1.33.